The standard InChI is InChI=1S/C10H19N5/c1-2-3-9-12-10(14-13-9)8-15-6-4-11-5-7-15/h11H,2-8H2,1H3,(H,12,13,14). The fourth-order valence-electron chi connectivity index (χ4n) is 1.82. The maximum atomic E-state index is 4.47. The van der Waals surface area contributed by atoms with Crippen LogP contribution in [0.15, 0.2) is 0 Å². The number of piperazine rings is 1. The number of rotatable bonds is 4. The zero-order valence-electron chi connectivity index (χ0n) is 9.29. The minimum atomic E-state index is 0.901. The highest BCUT2D eigenvalue weighted by Gasteiger charge is 2.11. The molecule has 0 radical (unpaired) electrons. The van der Waals surface area contributed by atoms with Crippen molar-refractivity contribution in [2.24, 2.45) is 0 Å². The molecular formula is C10H19N5. The Morgan fingerprint density at radius 1 is 1.33 bits per heavy atom. The molecule has 1 saturated heterocycles. The summed E-state index contributed by atoms with van der Waals surface area (Å²) in [5.74, 6) is 1.95. The zero-order chi connectivity index (χ0) is 10.5. The summed E-state index contributed by atoms with van der Waals surface area (Å²) in [6.45, 7) is 7.41. The molecule has 0 aliphatic carbocycles. The summed E-state index contributed by atoms with van der Waals surface area (Å²) in [7, 11) is 0. The van der Waals surface area contributed by atoms with Crippen LogP contribution < -0.4 is 5.32 Å². The number of aromatic amines is 1. The lowest BCUT2D eigenvalue weighted by molar-refractivity contribution is 0.228. The first-order valence-corrected chi connectivity index (χ1v) is 5.71. The topological polar surface area (TPSA) is 56.8 Å². The minimum Gasteiger partial charge on any atom is -0.314 e. The predicted octanol–water partition coefficient (Wildman–Crippen LogP) is 0.162. The SMILES string of the molecule is CCCc1n[nH]c(CN2CCNCC2)n1. The van der Waals surface area contributed by atoms with E-state index in [2.05, 4.69) is 32.3 Å². The van der Waals surface area contributed by atoms with E-state index in [1.165, 1.54) is 0 Å². The Kier molecular flexibility index (Phi) is 3.69. The number of nitrogens with zero attached hydrogens (tertiary/aromatic N) is 3. The van der Waals surface area contributed by atoms with E-state index < -0.39 is 0 Å². The van der Waals surface area contributed by atoms with Crippen LogP contribution in [0.5, 0.6) is 0 Å². The van der Waals surface area contributed by atoms with Gasteiger partial charge in [-0.05, 0) is 6.42 Å². The van der Waals surface area contributed by atoms with Crippen LogP contribution in [-0.2, 0) is 13.0 Å². The van der Waals surface area contributed by atoms with Crippen molar-refractivity contribution in [2.75, 3.05) is 26.2 Å². The number of aromatic nitrogens is 3. The second-order valence-electron chi connectivity index (χ2n) is 3.97. The fraction of sp³-hybridized carbons (Fsp3) is 0.800. The summed E-state index contributed by atoms with van der Waals surface area (Å²) in [5.41, 5.74) is 0. The van der Waals surface area contributed by atoms with Gasteiger partial charge in [0, 0.05) is 32.6 Å². The van der Waals surface area contributed by atoms with Crippen molar-refractivity contribution in [1.29, 1.82) is 0 Å². The highest BCUT2D eigenvalue weighted by atomic mass is 15.3. The third-order valence-corrected chi connectivity index (χ3v) is 2.63. The molecule has 0 atom stereocenters. The van der Waals surface area contributed by atoms with Crippen LogP contribution in [0, 0.1) is 0 Å². The number of H-pyrrole nitrogens is 1. The van der Waals surface area contributed by atoms with Crippen LogP contribution in [0.25, 0.3) is 0 Å². The molecule has 1 fully saturated rings. The van der Waals surface area contributed by atoms with Crippen LogP contribution in [0.2, 0.25) is 0 Å². The van der Waals surface area contributed by atoms with Crippen LogP contribution in [0.4, 0.5) is 0 Å². The fourth-order valence-corrected chi connectivity index (χ4v) is 1.82. The monoisotopic (exact) mass is 209 g/mol. The smallest absolute Gasteiger partial charge is 0.150 e. The van der Waals surface area contributed by atoms with Gasteiger partial charge >= 0.3 is 0 Å². The van der Waals surface area contributed by atoms with Gasteiger partial charge in [0.1, 0.15) is 5.82 Å². The highest BCUT2D eigenvalue weighted by molar-refractivity contribution is 4.90. The average molecular weight is 209 g/mol. The first-order chi connectivity index (χ1) is 7.38. The summed E-state index contributed by atoms with van der Waals surface area (Å²) >= 11 is 0. The molecule has 0 amide bonds. The molecule has 2 N–H and O–H groups in total. The summed E-state index contributed by atoms with van der Waals surface area (Å²) in [4.78, 5) is 6.86. The third-order valence-electron chi connectivity index (χ3n) is 2.63. The van der Waals surface area contributed by atoms with E-state index in [4.69, 9.17) is 0 Å². The molecule has 5 nitrogen and oxygen atoms in total. The van der Waals surface area contributed by atoms with Gasteiger partial charge in [-0.25, -0.2) is 4.98 Å². The lowest BCUT2D eigenvalue weighted by Gasteiger charge is -2.25. The van der Waals surface area contributed by atoms with Gasteiger partial charge in [-0.2, -0.15) is 5.10 Å². The van der Waals surface area contributed by atoms with Gasteiger partial charge in [0.25, 0.3) is 0 Å². The highest BCUT2D eigenvalue weighted by Crippen LogP contribution is 2.02. The molecule has 1 aromatic heterocycles. The molecule has 0 saturated carbocycles. The van der Waals surface area contributed by atoms with Gasteiger partial charge in [-0.1, -0.05) is 6.92 Å². The van der Waals surface area contributed by atoms with Crippen LogP contribution in [0.3, 0.4) is 0 Å². The Balaban J connectivity index is 1.86. The number of nitrogens with one attached hydrogen (secondary N) is 2. The van der Waals surface area contributed by atoms with Crippen molar-refractivity contribution in [2.45, 2.75) is 26.3 Å². The second-order valence-corrected chi connectivity index (χ2v) is 3.97. The van der Waals surface area contributed by atoms with Crippen molar-refractivity contribution in [3.05, 3.63) is 11.6 Å². The van der Waals surface area contributed by atoms with Crippen molar-refractivity contribution in [1.82, 2.24) is 25.4 Å². The minimum absolute atomic E-state index is 0.901. The maximum absolute atomic E-state index is 4.47. The molecule has 0 unspecified atom stereocenters. The average Bonchev–Trinajstić information content (AvgIpc) is 2.68. The Morgan fingerprint density at radius 2 is 2.13 bits per heavy atom. The molecule has 1 aliphatic heterocycles. The summed E-state index contributed by atoms with van der Waals surface area (Å²) in [5, 5.41) is 10.5. The van der Waals surface area contributed by atoms with Gasteiger partial charge in [0.05, 0.1) is 6.54 Å². The van der Waals surface area contributed by atoms with E-state index in [1.54, 1.807) is 0 Å². The Labute approximate surface area is 90.3 Å². The Morgan fingerprint density at radius 3 is 2.87 bits per heavy atom. The van der Waals surface area contributed by atoms with Crippen LogP contribution >= 0.6 is 0 Å². The molecule has 5 heteroatoms. The van der Waals surface area contributed by atoms with Crippen molar-refractivity contribution < 1.29 is 0 Å². The largest absolute Gasteiger partial charge is 0.314 e. The first-order valence-electron chi connectivity index (χ1n) is 5.71. The second kappa shape index (κ2) is 5.23. The molecule has 1 aromatic rings. The quantitative estimate of drug-likeness (QED) is 0.742. The van der Waals surface area contributed by atoms with E-state index in [9.17, 15) is 0 Å². The van der Waals surface area contributed by atoms with Crippen LogP contribution in [-0.4, -0.2) is 46.3 Å². The molecule has 0 spiro atoms. The van der Waals surface area contributed by atoms with E-state index in [0.29, 0.717) is 0 Å². The summed E-state index contributed by atoms with van der Waals surface area (Å²) in [6.07, 6.45) is 2.07. The van der Waals surface area contributed by atoms with Gasteiger partial charge in [0.15, 0.2) is 5.82 Å². The van der Waals surface area contributed by atoms with Crippen molar-refractivity contribution in [3.63, 3.8) is 0 Å². The van der Waals surface area contributed by atoms with E-state index in [0.717, 1.165) is 57.2 Å². The van der Waals surface area contributed by atoms with Gasteiger partial charge < -0.3 is 5.32 Å². The van der Waals surface area contributed by atoms with Gasteiger partial charge in [-0.3, -0.25) is 10.00 Å². The van der Waals surface area contributed by atoms with Gasteiger partial charge in [-0.15, -0.1) is 0 Å². The zero-order valence-corrected chi connectivity index (χ0v) is 9.29. The number of aryl methyl sites for hydroxylation is 1. The van der Waals surface area contributed by atoms with E-state index in [-0.39, 0.29) is 0 Å². The van der Waals surface area contributed by atoms with Crippen molar-refractivity contribution in [3.8, 4) is 0 Å². The molecule has 0 aromatic carbocycles. The molecule has 0 bridgehead atoms. The van der Waals surface area contributed by atoms with E-state index >= 15 is 0 Å². The Bertz CT molecular complexity index is 290. The normalized spacial score (nSPS) is 18.2. The lowest BCUT2D eigenvalue weighted by atomic mass is 10.3. The summed E-state index contributed by atoms with van der Waals surface area (Å²) < 4.78 is 0. The molecule has 2 heterocycles. The van der Waals surface area contributed by atoms with Crippen molar-refractivity contribution >= 4 is 0 Å². The summed E-state index contributed by atoms with van der Waals surface area (Å²) in [6, 6.07) is 0. The predicted molar refractivity (Wildman–Crippen MR) is 58.5 cm³/mol. The first kappa shape index (κ1) is 10.6. The lowest BCUT2D eigenvalue weighted by Crippen LogP contribution is -2.43. The van der Waals surface area contributed by atoms with E-state index in [1.807, 2.05) is 0 Å². The third kappa shape index (κ3) is 3.00. The maximum Gasteiger partial charge on any atom is 0.150 e. The number of hydrogen-bond acceptors (Lipinski definition) is 4. The molecule has 15 heavy (non-hydrogen) atoms. The molecule has 2 rings (SSSR count). The molecule has 1 aliphatic rings. The molecular weight excluding hydrogens is 190 g/mol. The Hall–Kier alpha value is -0.940. The number of hydrogen-bond donors (Lipinski definition) is 2. The van der Waals surface area contributed by atoms with Crippen LogP contribution in [0.1, 0.15) is 25.0 Å². The van der Waals surface area contributed by atoms with Gasteiger partial charge in [0.2, 0.25) is 0 Å². The molecule has 84 valence electrons.